The van der Waals surface area contributed by atoms with Gasteiger partial charge >= 0.3 is 0 Å². The standard InChI is InChI=1S/C13H14N2O2/c1-15-7-6-11(14-15)9-13(16)10-4-3-5-12(8-10)17-2/h3-8H,9H2,1-2H3. The molecular weight excluding hydrogens is 216 g/mol. The van der Waals surface area contributed by atoms with E-state index in [0.717, 1.165) is 5.69 Å². The Morgan fingerprint density at radius 2 is 2.24 bits per heavy atom. The average Bonchev–Trinajstić information content (AvgIpc) is 2.75. The second-order valence-electron chi connectivity index (χ2n) is 3.81. The average molecular weight is 230 g/mol. The van der Waals surface area contributed by atoms with Crippen molar-refractivity contribution in [1.82, 2.24) is 9.78 Å². The number of carbonyl (C=O) groups is 1. The van der Waals surface area contributed by atoms with Crippen LogP contribution in [-0.4, -0.2) is 22.7 Å². The smallest absolute Gasteiger partial charge is 0.169 e. The summed E-state index contributed by atoms with van der Waals surface area (Å²) >= 11 is 0. The van der Waals surface area contributed by atoms with Crippen LogP contribution in [0.4, 0.5) is 0 Å². The summed E-state index contributed by atoms with van der Waals surface area (Å²) in [6.07, 6.45) is 2.14. The van der Waals surface area contributed by atoms with E-state index in [2.05, 4.69) is 5.10 Å². The van der Waals surface area contributed by atoms with Gasteiger partial charge in [0.15, 0.2) is 5.78 Å². The summed E-state index contributed by atoms with van der Waals surface area (Å²) in [5.74, 6) is 0.736. The van der Waals surface area contributed by atoms with Crippen molar-refractivity contribution in [2.75, 3.05) is 7.11 Å². The highest BCUT2D eigenvalue weighted by Gasteiger charge is 2.09. The van der Waals surface area contributed by atoms with Crippen LogP contribution < -0.4 is 4.74 Å². The first kappa shape index (κ1) is 11.4. The molecule has 2 aromatic rings. The number of ketones is 1. The van der Waals surface area contributed by atoms with Crippen LogP contribution in [0, 0.1) is 0 Å². The summed E-state index contributed by atoms with van der Waals surface area (Å²) in [5.41, 5.74) is 1.43. The lowest BCUT2D eigenvalue weighted by molar-refractivity contribution is 0.0991. The molecule has 2 rings (SSSR count). The molecular formula is C13H14N2O2. The van der Waals surface area contributed by atoms with E-state index in [1.807, 2.05) is 31.4 Å². The second kappa shape index (κ2) is 4.82. The quantitative estimate of drug-likeness (QED) is 0.753. The lowest BCUT2D eigenvalue weighted by Crippen LogP contribution is -2.04. The topological polar surface area (TPSA) is 44.1 Å². The van der Waals surface area contributed by atoms with E-state index in [9.17, 15) is 4.79 Å². The monoisotopic (exact) mass is 230 g/mol. The molecule has 0 atom stereocenters. The van der Waals surface area contributed by atoms with Gasteiger partial charge in [0.25, 0.3) is 0 Å². The molecule has 88 valence electrons. The minimum Gasteiger partial charge on any atom is -0.497 e. The molecule has 1 aromatic heterocycles. The minimum absolute atomic E-state index is 0.0441. The zero-order valence-electron chi connectivity index (χ0n) is 9.88. The van der Waals surface area contributed by atoms with E-state index in [4.69, 9.17) is 4.74 Å². The Balaban J connectivity index is 2.14. The van der Waals surface area contributed by atoms with Gasteiger partial charge in [0.05, 0.1) is 19.2 Å². The van der Waals surface area contributed by atoms with Crippen LogP contribution in [-0.2, 0) is 13.5 Å². The van der Waals surface area contributed by atoms with E-state index in [1.165, 1.54) is 0 Å². The van der Waals surface area contributed by atoms with Gasteiger partial charge in [-0.15, -0.1) is 0 Å². The summed E-state index contributed by atoms with van der Waals surface area (Å²) < 4.78 is 6.78. The third kappa shape index (κ3) is 2.72. The number of methoxy groups -OCH3 is 1. The molecule has 1 heterocycles. The van der Waals surface area contributed by atoms with Gasteiger partial charge in [-0.05, 0) is 18.2 Å². The Hall–Kier alpha value is -2.10. The highest BCUT2D eigenvalue weighted by Crippen LogP contribution is 2.14. The van der Waals surface area contributed by atoms with Crippen molar-refractivity contribution in [3.05, 3.63) is 47.8 Å². The predicted molar refractivity (Wildman–Crippen MR) is 64.2 cm³/mol. The fraction of sp³-hybridized carbons (Fsp3) is 0.231. The molecule has 0 bridgehead atoms. The van der Waals surface area contributed by atoms with Crippen LogP contribution in [0.1, 0.15) is 16.1 Å². The molecule has 1 aromatic carbocycles. The van der Waals surface area contributed by atoms with Crippen LogP contribution in [0.2, 0.25) is 0 Å². The van der Waals surface area contributed by atoms with Crippen molar-refractivity contribution in [1.29, 1.82) is 0 Å². The number of hydrogen-bond donors (Lipinski definition) is 0. The fourth-order valence-electron chi connectivity index (χ4n) is 1.62. The van der Waals surface area contributed by atoms with Crippen LogP contribution in [0.15, 0.2) is 36.5 Å². The number of Topliss-reactive ketones (excluding diaryl/α,β-unsaturated/α-hetero) is 1. The summed E-state index contributed by atoms with van der Waals surface area (Å²) in [7, 11) is 3.42. The molecule has 0 aliphatic rings. The number of rotatable bonds is 4. The molecule has 0 N–H and O–H groups in total. The molecule has 0 aliphatic carbocycles. The van der Waals surface area contributed by atoms with Gasteiger partial charge in [-0.2, -0.15) is 5.10 Å². The van der Waals surface area contributed by atoms with E-state index in [1.54, 1.807) is 23.9 Å². The maximum Gasteiger partial charge on any atom is 0.169 e. The minimum atomic E-state index is 0.0441. The van der Waals surface area contributed by atoms with Gasteiger partial charge in [0.1, 0.15) is 5.75 Å². The number of benzene rings is 1. The van der Waals surface area contributed by atoms with Gasteiger partial charge in [-0.25, -0.2) is 0 Å². The van der Waals surface area contributed by atoms with Crippen molar-refractivity contribution in [3.8, 4) is 5.75 Å². The molecule has 0 amide bonds. The number of hydrogen-bond acceptors (Lipinski definition) is 3. The first-order valence-corrected chi connectivity index (χ1v) is 5.35. The Kier molecular flexibility index (Phi) is 3.23. The highest BCUT2D eigenvalue weighted by atomic mass is 16.5. The SMILES string of the molecule is COc1cccc(C(=O)Cc2ccn(C)n2)c1. The van der Waals surface area contributed by atoms with Crippen LogP contribution in [0.3, 0.4) is 0 Å². The molecule has 0 unspecified atom stereocenters. The fourth-order valence-corrected chi connectivity index (χ4v) is 1.62. The Bertz CT molecular complexity index is 532. The van der Waals surface area contributed by atoms with Crippen LogP contribution in [0.5, 0.6) is 5.75 Å². The third-order valence-electron chi connectivity index (χ3n) is 2.50. The Labute approximate surface area is 99.8 Å². The van der Waals surface area contributed by atoms with Gasteiger partial charge in [0, 0.05) is 18.8 Å². The van der Waals surface area contributed by atoms with Crippen molar-refractivity contribution >= 4 is 5.78 Å². The molecule has 0 spiro atoms. The van der Waals surface area contributed by atoms with Crippen molar-refractivity contribution < 1.29 is 9.53 Å². The zero-order valence-corrected chi connectivity index (χ0v) is 9.88. The van der Waals surface area contributed by atoms with Gasteiger partial charge < -0.3 is 4.74 Å². The molecule has 0 aliphatic heterocycles. The van der Waals surface area contributed by atoms with Gasteiger partial charge in [-0.3, -0.25) is 9.48 Å². The summed E-state index contributed by atoms with van der Waals surface area (Å²) in [6, 6.07) is 9.00. The number of ether oxygens (including phenoxy) is 1. The summed E-state index contributed by atoms with van der Waals surface area (Å²) in [6.45, 7) is 0. The molecule has 0 saturated carbocycles. The van der Waals surface area contributed by atoms with Crippen molar-refractivity contribution in [3.63, 3.8) is 0 Å². The lowest BCUT2D eigenvalue weighted by atomic mass is 10.1. The number of aromatic nitrogens is 2. The van der Waals surface area contributed by atoms with E-state index >= 15 is 0 Å². The van der Waals surface area contributed by atoms with E-state index in [-0.39, 0.29) is 5.78 Å². The molecule has 0 saturated heterocycles. The number of nitrogens with zero attached hydrogens (tertiary/aromatic N) is 2. The Morgan fingerprint density at radius 3 is 2.88 bits per heavy atom. The molecule has 0 fully saturated rings. The maximum absolute atomic E-state index is 12.0. The molecule has 4 nitrogen and oxygen atoms in total. The normalized spacial score (nSPS) is 10.2. The molecule has 0 radical (unpaired) electrons. The predicted octanol–water partition coefficient (Wildman–Crippen LogP) is 1.85. The Morgan fingerprint density at radius 1 is 1.41 bits per heavy atom. The van der Waals surface area contributed by atoms with Crippen molar-refractivity contribution in [2.24, 2.45) is 7.05 Å². The number of carbonyl (C=O) groups excluding carboxylic acids is 1. The molecule has 4 heteroatoms. The van der Waals surface area contributed by atoms with Gasteiger partial charge in [-0.1, -0.05) is 12.1 Å². The largest absolute Gasteiger partial charge is 0.497 e. The summed E-state index contributed by atoms with van der Waals surface area (Å²) in [5, 5.41) is 4.18. The van der Waals surface area contributed by atoms with Crippen LogP contribution in [0.25, 0.3) is 0 Å². The summed E-state index contributed by atoms with van der Waals surface area (Å²) in [4.78, 5) is 12.0. The highest BCUT2D eigenvalue weighted by molar-refractivity contribution is 5.97. The van der Waals surface area contributed by atoms with Crippen molar-refractivity contribution in [2.45, 2.75) is 6.42 Å². The lowest BCUT2D eigenvalue weighted by Gasteiger charge is -2.02. The van der Waals surface area contributed by atoms with E-state index in [0.29, 0.717) is 17.7 Å². The van der Waals surface area contributed by atoms with Gasteiger partial charge in [0.2, 0.25) is 0 Å². The third-order valence-corrected chi connectivity index (χ3v) is 2.50. The van der Waals surface area contributed by atoms with E-state index < -0.39 is 0 Å². The van der Waals surface area contributed by atoms with Crippen LogP contribution >= 0.6 is 0 Å². The first-order valence-electron chi connectivity index (χ1n) is 5.35. The maximum atomic E-state index is 12.0. The first-order chi connectivity index (χ1) is 8.19. The molecule has 17 heavy (non-hydrogen) atoms. The number of aryl methyl sites for hydroxylation is 1. The second-order valence-corrected chi connectivity index (χ2v) is 3.81. The zero-order chi connectivity index (χ0) is 12.3.